The molecule has 148 valence electrons. The molecule has 0 aliphatic carbocycles. The summed E-state index contributed by atoms with van der Waals surface area (Å²) in [7, 11) is -2.35. The molecular weight excluding hydrogens is 388 g/mol. The summed E-state index contributed by atoms with van der Waals surface area (Å²) in [5.74, 6) is -0.421. The largest absolute Gasteiger partial charge is 0.456 e. The molecule has 0 fully saturated rings. The van der Waals surface area contributed by atoms with Crippen molar-refractivity contribution in [2.24, 2.45) is 0 Å². The number of rotatable bonds is 5. The maximum Gasteiger partial charge on any atom is 0.243 e. The number of para-hydroxylation sites is 1. The van der Waals surface area contributed by atoms with Gasteiger partial charge >= 0.3 is 0 Å². The van der Waals surface area contributed by atoms with Gasteiger partial charge in [-0.15, -0.1) is 0 Å². The fourth-order valence-electron chi connectivity index (χ4n) is 3.18. The summed E-state index contributed by atoms with van der Waals surface area (Å²) in [6.07, 6.45) is 0. The number of likely N-dealkylation sites (N-methyl/N-ethyl adjacent to an activating group) is 1. The summed E-state index contributed by atoms with van der Waals surface area (Å²) in [6, 6.07) is 19.5. The molecule has 1 heterocycles. The van der Waals surface area contributed by atoms with Gasteiger partial charge in [-0.1, -0.05) is 35.9 Å². The highest BCUT2D eigenvalue weighted by molar-refractivity contribution is 7.89. The normalized spacial score (nSPS) is 12.0. The van der Waals surface area contributed by atoms with Crippen LogP contribution in [0.1, 0.15) is 5.56 Å². The molecule has 1 N–H and O–H groups in total. The van der Waals surface area contributed by atoms with Crippen LogP contribution in [0.15, 0.2) is 76.0 Å². The zero-order chi connectivity index (χ0) is 20.6. The molecule has 1 amide bonds. The molecule has 0 spiro atoms. The molecule has 4 aromatic rings. The van der Waals surface area contributed by atoms with E-state index in [2.05, 4.69) is 5.32 Å². The van der Waals surface area contributed by atoms with Crippen molar-refractivity contribution in [3.8, 4) is 0 Å². The summed E-state index contributed by atoms with van der Waals surface area (Å²) in [4.78, 5) is 12.6. The van der Waals surface area contributed by atoms with Crippen molar-refractivity contribution in [3.05, 3.63) is 72.3 Å². The van der Waals surface area contributed by atoms with Crippen LogP contribution in [0.25, 0.3) is 21.9 Å². The van der Waals surface area contributed by atoms with E-state index in [-0.39, 0.29) is 11.4 Å². The quantitative estimate of drug-likeness (QED) is 0.538. The standard InChI is InChI=1S/C22H20N2O4S/c1-15-7-10-17(11-8-15)29(26,27)24(2)14-22(25)23-16-9-12-21-19(13-16)18-5-3-4-6-20(18)28-21/h3-13H,14H2,1-2H3,(H,23,25). The van der Waals surface area contributed by atoms with Crippen LogP contribution in [0, 0.1) is 6.92 Å². The van der Waals surface area contributed by atoms with Crippen LogP contribution in [0.2, 0.25) is 0 Å². The number of hydrogen-bond acceptors (Lipinski definition) is 4. The number of fused-ring (bicyclic) bond motifs is 3. The number of nitrogens with one attached hydrogen (secondary N) is 1. The molecule has 0 saturated heterocycles. The highest BCUT2D eigenvalue weighted by Crippen LogP contribution is 2.30. The van der Waals surface area contributed by atoms with Gasteiger partial charge in [0.1, 0.15) is 11.2 Å². The van der Waals surface area contributed by atoms with Crippen molar-refractivity contribution in [2.75, 3.05) is 18.9 Å². The van der Waals surface area contributed by atoms with Crippen molar-refractivity contribution in [1.82, 2.24) is 4.31 Å². The molecule has 29 heavy (non-hydrogen) atoms. The number of carbonyl (C=O) groups is 1. The molecule has 0 atom stereocenters. The van der Waals surface area contributed by atoms with E-state index in [1.54, 1.807) is 24.3 Å². The van der Waals surface area contributed by atoms with Gasteiger partial charge in [-0.25, -0.2) is 8.42 Å². The first kappa shape index (κ1) is 19.2. The van der Waals surface area contributed by atoms with Crippen LogP contribution in [0.4, 0.5) is 5.69 Å². The van der Waals surface area contributed by atoms with Crippen LogP contribution in [0.5, 0.6) is 0 Å². The molecule has 0 aliphatic heterocycles. The number of furan rings is 1. The fourth-order valence-corrected chi connectivity index (χ4v) is 4.31. The van der Waals surface area contributed by atoms with Gasteiger partial charge in [-0.3, -0.25) is 4.79 Å². The summed E-state index contributed by atoms with van der Waals surface area (Å²) < 4.78 is 32.1. The second kappa shape index (κ2) is 7.35. The summed E-state index contributed by atoms with van der Waals surface area (Å²) >= 11 is 0. The molecule has 1 aromatic heterocycles. The van der Waals surface area contributed by atoms with Gasteiger partial charge in [-0.05, 0) is 43.3 Å². The van der Waals surface area contributed by atoms with E-state index in [0.29, 0.717) is 5.69 Å². The van der Waals surface area contributed by atoms with Crippen molar-refractivity contribution >= 4 is 43.6 Å². The Morgan fingerprint density at radius 3 is 2.41 bits per heavy atom. The lowest BCUT2D eigenvalue weighted by molar-refractivity contribution is -0.116. The second-order valence-corrected chi connectivity index (χ2v) is 8.98. The van der Waals surface area contributed by atoms with E-state index in [4.69, 9.17) is 4.42 Å². The molecule has 4 rings (SSSR count). The average Bonchev–Trinajstić information content (AvgIpc) is 3.06. The van der Waals surface area contributed by atoms with Crippen LogP contribution >= 0.6 is 0 Å². The van der Waals surface area contributed by atoms with Crippen LogP contribution in [-0.2, 0) is 14.8 Å². The molecular formula is C22H20N2O4S. The Bertz CT molecular complexity index is 1310. The fraction of sp³-hybridized carbons (Fsp3) is 0.136. The van der Waals surface area contributed by atoms with Gasteiger partial charge in [0.25, 0.3) is 0 Å². The van der Waals surface area contributed by atoms with Crippen molar-refractivity contribution in [3.63, 3.8) is 0 Å². The summed E-state index contributed by atoms with van der Waals surface area (Å²) in [5, 5.41) is 4.61. The zero-order valence-corrected chi connectivity index (χ0v) is 16.9. The Labute approximate surface area is 168 Å². The Kier molecular flexibility index (Phi) is 4.86. The average molecular weight is 408 g/mol. The Morgan fingerprint density at radius 1 is 0.966 bits per heavy atom. The summed E-state index contributed by atoms with van der Waals surface area (Å²) in [6.45, 7) is 1.59. The maximum atomic E-state index is 12.7. The molecule has 0 bridgehead atoms. The van der Waals surface area contributed by atoms with Gasteiger partial charge in [0.15, 0.2) is 0 Å². The van der Waals surface area contributed by atoms with Gasteiger partial charge in [0.05, 0.1) is 11.4 Å². The maximum absolute atomic E-state index is 12.7. The molecule has 7 heteroatoms. The molecule has 0 radical (unpaired) electrons. The lowest BCUT2D eigenvalue weighted by Crippen LogP contribution is -2.34. The number of carbonyl (C=O) groups excluding carboxylic acids is 1. The van der Waals surface area contributed by atoms with E-state index in [0.717, 1.165) is 31.8 Å². The minimum Gasteiger partial charge on any atom is -0.456 e. The smallest absolute Gasteiger partial charge is 0.243 e. The first-order chi connectivity index (χ1) is 13.8. The second-order valence-electron chi connectivity index (χ2n) is 6.93. The van der Waals surface area contributed by atoms with Crippen molar-refractivity contribution < 1.29 is 17.6 Å². The zero-order valence-electron chi connectivity index (χ0n) is 16.0. The van der Waals surface area contributed by atoms with Crippen molar-refractivity contribution in [1.29, 1.82) is 0 Å². The third-order valence-electron chi connectivity index (χ3n) is 4.76. The van der Waals surface area contributed by atoms with Crippen LogP contribution in [-0.4, -0.2) is 32.2 Å². The minimum atomic E-state index is -3.74. The monoisotopic (exact) mass is 408 g/mol. The van der Waals surface area contributed by atoms with E-state index in [1.807, 2.05) is 37.3 Å². The number of hydrogen-bond donors (Lipinski definition) is 1. The number of anilines is 1. The number of aryl methyl sites for hydroxylation is 1. The van der Waals surface area contributed by atoms with E-state index >= 15 is 0 Å². The predicted octanol–water partition coefficient (Wildman–Crippen LogP) is 4.15. The Morgan fingerprint density at radius 2 is 1.66 bits per heavy atom. The molecule has 0 saturated carbocycles. The third kappa shape index (κ3) is 3.74. The van der Waals surface area contributed by atoms with Crippen LogP contribution in [0.3, 0.4) is 0 Å². The lowest BCUT2D eigenvalue weighted by Gasteiger charge is -2.17. The Hall–Kier alpha value is -3.16. The lowest BCUT2D eigenvalue weighted by atomic mass is 10.1. The predicted molar refractivity (Wildman–Crippen MR) is 113 cm³/mol. The first-order valence-corrected chi connectivity index (χ1v) is 10.5. The van der Waals surface area contributed by atoms with E-state index in [9.17, 15) is 13.2 Å². The first-order valence-electron chi connectivity index (χ1n) is 9.09. The highest BCUT2D eigenvalue weighted by atomic mass is 32.2. The number of amides is 1. The summed E-state index contributed by atoms with van der Waals surface area (Å²) in [5.41, 5.74) is 3.04. The van der Waals surface area contributed by atoms with Gasteiger partial charge in [0.2, 0.25) is 15.9 Å². The van der Waals surface area contributed by atoms with Crippen LogP contribution < -0.4 is 5.32 Å². The number of nitrogens with zero attached hydrogens (tertiary/aromatic N) is 1. The number of sulfonamides is 1. The molecule has 0 aliphatic rings. The van der Waals surface area contributed by atoms with E-state index in [1.165, 1.54) is 19.2 Å². The van der Waals surface area contributed by atoms with Gasteiger partial charge < -0.3 is 9.73 Å². The minimum absolute atomic E-state index is 0.157. The van der Waals surface area contributed by atoms with Crippen molar-refractivity contribution in [2.45, 2.75) is 11.8 Å². The highest BCUT2D eigenvalue weighted by Gasteiger charge is 2.23. The topological polar surface area (TPSA) is 79.6 Å². The third-order valence-corrected chi connectivity index (χ3v) is 6.57. The SMILES string of the molecule is Cc1ccc(S(=O)(=O)N(C)CC(=O)Nc2ccc3oc4ccccc4c3c2)cc1. The van der Waals surface area contributed by atoms with Gasteiger partial charge in [0, 0.05) is 23.5 Å². The Balaban J connectivity index is 1.52. The molecule has 6 nitrogen and oxygen atoms in total. The van der Waals surface area contributed by atoms with E-state index < -0.39 is 15.9 Å². The van der Waals surface area contributed by atoms with Gasteiger partial charge in [-0.2, -0.15) is 4.31 Å². The molecule has 0 unspecified atom stereocenters. The molecule has 3 aromatic carbocycles. The number of benzene rings is 3.